The summed E-state index contributed by atoms with van der Waals surface area (Å²) in [6.07, 6.45) is 3.04. The minimum Gasteiger partial charge on any atom is -0.280 e. The third-order valence-electron chi connectivity index (χ3n) is 5.76. The average molecular weight is 551 g/mol. The van der Waals surface area contributed by atoms with Gasteiger partial charge < -0.3 is 0 Å². The highest BCUT2D eigenvalue weighted by molar-refractivity contribution is 7.90. The van der Waals surface area contributed by atoms with Gasteiger partial charge in [-0.25, -0.2) is 9.69 Å². The van der Waals surface area contributed by atoms with E-state index in [1.54, 1.807) is 24.4 Å². The molecule has 3 aromatic carbocycles. The van der Waals surface area contributed by atoms with Crippen LogP contribution in [0.3, 0.4) is 0 Å². The van der Waals surface area contributed by atoms with Crippen molar-refractivity contribution >= 4 is 50.6 Å². The van der Waals surface area contributed by atoms with Crippen LogP contribution in [0.25, 0.3) is 0 Å². The Labute approximate surface area is 224 Å². The zero-order valence-corrected chi connectivity index (χ0v) is 21.6. The summed E-state index contributed by atoms with van der Waals surface area (Å²) in [5.74, 6) is -0.616. The van der Waals surface area contributed by atoms with Crippen LogP contribution in [-0.4, -0.2) is 47.1 Å². The van der Waals surface area contributed by atoms with Crippen LogP contribution in [0.2, 0.25) is 10.0 Å². The van der Waals surface area contributed by atoms with Crippen LogP contribution in [0.1, 0.15) is 17.0 Å². The van der Waals surface area contributed by atoms with Crippen molar-refractivity contribution in [2.75, 3.05) is 6.54 Å². The maximum atomic E-state index is 13.3. The number of amidine groups is 1. The first-order valence-electron chi connectivity index (χ1n) is 11.2. The average Bonchev–Trinajstić information content (AvgIpc) is 3.59. The third kappa shape index (κ3) is 5.34. The number of benzene rings is 3. The fraction of sp³-hybridized carbons (Fsp3) is 0.0769. The van der Waals surface area contributed by atoms with Gasteiger partial charge in [0.05, 0.1) is 17.2 Å². The van der Waals surface area contributed by atoms with Crippen LogP contribution in [0, 0.1) is 5.41 Å². The van der Waals surface area contributed by atoms with Crippen molar-refractivity contribution in [2.24, 2.45) is 9.50 Å². The summed E-state index contributed by atoms with van der Waals surface area (Å²) in [6.45, 7) is 0.264. The van der Waals surface area contributed by atoms with Gasteiger partial charge in [0.1, 0.15) is 0 Å². The molecule has 2 heterocycles. The molecule has 4 aromatic rings. The van der Waals surface area contributed by atoms with E-state index < -0.39 is 10.0 Å². The first-order chi connectivity index (χ1) is 17.8. The molecular weight excluding hydrogens is 531 g/mol. The van der Waals surface area contributed by atoms with Gasteiger partial charge in [-0.05, 0) is 53.6 Å². The maximum Gasteiger partial charge on any atom is 0.284 e. The predicted molar refractivity (Wildman–Crippen MR) is 145 cm³/mol. The molecule has 0 fully saturated rings. The molecule has 1 unspecified atom stereocenters. The highest BCUT2D eigenvalue weighted by Crippen LogP contribution is 2.30. The minimum absolute atomic E-state index is 0.0524. The Kier molecular flexibility index (Phi) is 6.92. The molecule has 0 amide bonds. The smallest absolute Gasteiger partial charge is 0.280 e. The van der Waals surface area contributed by atoms with Gasteiger partial charge in [0, 0.05) is 28.4 Å². The van der Waals surface area contributed by atoms with Crippen molar-refractivity contribution in [1.82, 2.24) is 14.8 Å². The molecule has 1 aromatic heterocycles. The van der Waals surface area contributed by atoms with Crippen LogP contribution < -0.4 is 0 Å². The van der Waals surface area contributed by atoms with Gasteiger partial charge in [-0.3, -0.25) is 5.41 Å². The van der Waals surface area contributed by atoms with E-state index in [0.717, 1.165) is 11.1 Å². The van der Waals surface area contributed by atoms with Crippen LogP contribution in [0.5, 0.6) is 0 Å². The molecule has 1 aliphatic rings. The van der Waals surface area contributed by atoms with E-state index in [-0.39, 0.29) is 29.0 Å². The monoisotopic (exact) mass is 550 g/mol. The Bertz CT molecular complexity index is 1590. The lowest BCUT2D eigenvalue weighted by molar-refractivity contribution is 0.479. The molecule has 0 saturated carbocycles. The zero-order chi connectivity index (χ0) is 26.0. The molecule has 1 N–H and O–H groups in total. The Hall–Kier alpha value is -3.79. The Morgan fingerprint density at radius 3 is 2.19 bits per heavy atom. The molecule has 186 valence electrons. The molecule has 0 aliphatic carbocycles. The van der Waals surface area contributed by atoms with Crippen molar-refractivity contribution in [2.45, 2.75) is 10.8 Å². The first kappa shape index (κ1) is 24.9. The zero-order valence-electron chi connectivity index (χ0n) is 19.2. The molecule has 1 aliphatic heterocycles. The molecule has 0 spiro atoms. The topological polar surface area (TPSA) is 104 Å². The molecule has 5 rings (SSSR count). The van der Waals surface area contributed by atoms with Gasteiger partial charge in [0.2, 0.25) is 5.84 Å². The van der Waals surface area contributed by atoms with Crippen LogP contribution in [-0.2, 0) is 10.0 Å². The van der Waals surface area contributed by atoms with Gasteiger partial charge in [0.25, 0.3) is 10.0 Å². The second-order valence-electron chi connectivity index (χ2n) is 8.18. The summed E-state index contributed by atoms with van der Waals surface area (Å²) >= 11 is 12.0. The molecular formula is C26H20Cl2N6O2S. The molecule has 8 nitrogen and oxygen atoms in total. The van der Waals surface area contributed by atoms with E-state index in [4.69, 9.17) is 33.7 Å². The standard InChI is InChI=1S/C26H20Cl2N6O2S/c27-20-9-7-19(8-10-20)24-23(18-5-2-1-3-6-18)17-34(31-24)26(25(29)33-16-4-15-30-33)32-37(35,36)22-13-11-21(28)12-14-22/h1-16,23,29H,17H2/b29-25?,32-26+. The Morgan fingerprint density at radius 1 is 0.919 bits per heavy atom. The largest absolute Gasteiger partial charge is 0.284 e. The normalized spacial score (nSPS) is 16.1. The summed E-state index contributed by atoms with van der Waals surface area (Å²) < 4.78 is 31.9. The number of hydrogen-bond acceptors (Lipinski definition) is 5. The summed E-state index contributed by atoms with van der Waals surface area (Å²) in [4.78, 5) is -0.0524. The predicted octanol–water partition coefficient (Wildman–Crippen LogP) is 5.31. The second-order valence-corrected chi connectivity index (χ2v) is 10.7. The van der Waals surface area contributed by atoms with Crippen LogP contribution in [0.15, 0.2) is 112 Å². The van der Waals surface area contributed by atoms with Crippen molar-refractivity contribution < 1.29 is 8.42 Å². The lowest BCUT2D eigenvalue weighted by Crippen LogP contribution is -2.36. The highest BCUT2D eigenvalue weighted by Gasteiger charge is 2.34. The van der Waals surface area contributed by atoms with Gasteiger partial charge in [0.15, 0.2) is 5.84 Å². The Balaban J connectivity index is 1.63. The fourth-order valence-corrected chi connectivity index (χ4v) is 5.20. The second kappa shape index (κ2) is 10.3. The SMILES string of the molecule is N=C(/C(=N\S(=O)(=O)c1ccc(Cl)cc1)N1CC(c2ccccc2)C(c2ccc(Cl)cc2)=N1)n1cccn1. The van der Waals surface area contributed by atoms with Gasteiger partial charge >= 0.3 is 0 Å². The number of halogens is 2. The Morgan fingerprint density at radius 2 is 1.57 bits per heavy atom. The molecule has 1 atom stereocenters. The lowest BCUT2D eigenvalue weighted by Gasteiger charge is -2.19. The number of aromatic nitrogens is 2. The molecule has 0 bridgehead atoms. The van der Waals surface area contributed by atoms with E-state index in [9.17, 15) is 8.42 Å². The molecule has 11 heteroatoms. The summed E-state index contributed by atoms with van der Waals surface area (Å²) in [5, 5.41) is 20.1. The molecule has 0 radical (unpaired) electrons. The molecule has 37 heavy (non-hydrogen) atoms. The maximum absolute atomic E-state index is 13.3. The van der Waals surface area contributed by atoms with Crippen molar-refractivity contribution in [1.29, 1.82) is 5.41 Å². The van der Waals surface area contributed by atoms with Gasteiger partial charge in [-0.2, -0.15) is 18.6 Å². The van der Waals surface area contributed by atoms with E-state index in [1.165, 1.54) is 40.2 Å². The van der Waals surface area contributed by atoms with E-state index >= 15 is 0 Å². The van der Waals surface area contributed by atoms with Crippen molar-refractivity contribution in [3.05, 3.63) is 118 Å². The number of hydrogen-bond donors (Lipinski definition) is 1. The number of sulfonamides is 1. The number of nitrogens with zero attached hydrogens (tertiary/aromatic N) is 5. The van der Waals surface area contributed by atoms with Crippen molar-refractivity contribution in [3.8, 4) is 0 Å². The highest BCUT2D eigenvalue weighted by atomic mass is 35.5. The van der Waals surface area contributed by atoms with Crippen molar-refractivity contribution in [3.63, 3.8) is 0 Å². The quantitative estimate of drug-likeness (QED) is 0.274. The summed E-state index contributed by atoms with van der Waals surface area (Å²) in [5.41, 5.74) is 2.52. The van der Waals surface area contributed by atoms with Crippen LogP contribution >= 0.6 is 23.2 Å². The number of nitrogens with one attached hydrogen (secondary N) is 1. The van der Waals surface area contributed by atoms with Crippen LogP contribution in [0.4, 0.5) is 0 Å². The summed E-state index contributed by atoms with van der Waals surface area (Å²) in [7, 11) is -4.20. The molecule has 0 saturated heterocycles. The third-order valence-corrected chi connectivity index (χ3v) is 7.55. The minimum atomic E-state index is -4.20. The van der Waals surface area contributed by atoms with E-state index in [1.807, 2.05) is 42.5 Å². The van der Waals surface area contributed by atoms with Gasteiger partial charge in [-0.1, -0.05) is 65.7 Å². The lowest BCUT2D eigenvalue weighted by atomic mass is 9.91. The van der Waals surface area contributed by atoms with E-state index in [0.29, 0.717) is 15.8 Å². The fourth-order valence-electron chi connectivity index (χ4n) is 3.95. The van der Waals surface area contributed by atoms with E-state index in [2.05, 4.69) is 9.50 Å². The van der Waals surface area contributed by atoms with Gasteiger partial charge in [-0.15, -0.1) is 4.40 Å². The first-order valence-corrected chi connectivity index (χ1v) is 13.4. The number of hydrazone groups is 1. The number of rotatable bonds is 4. The summed E-state index contributed by atoms with van der Waals surface area (Å²) in [6, 6.07) is 24.4.